The van der Waals surface area contributed by atoms with Gasteiger partial charge in [-0.3, -0.25) is 14.7 Å². The van der Waals surface area contributed by atoms with E-state index in [2.05, 4.69) is 48.4 Å². The molecule has 0 aliphatic heterocycles. The summed E-state index contributed by atoms with van der Waals surface area (Å²) in [7, 11) is 1.54. The van der Waals surface area contributed by atoms with E-state index in [1.54, 1.807) is 26.2 Å². The van der Waals surface area contributed by atoms with Gasteiger partial charge >= 0.3 is 6.03 Å². The second kappa shape index (κ2) is 9.84. The van der Waals surface area contributed by atoms with Gasteiger partial charge in [0.2, 0.25) is 5.91 Å². The van der Waals surface area contributed by atoms with Crippen LogP contribution in [0.1, 0.15) is 33.3 Å². The van der Waals surface area contributed by atoms with Gasteiger partial charge in [0.05, 0.1) is 23.1 Å². The molecule has 8 nitrogen and oxygen atoms in total. The number of carbonyl (C=O) groups excluding carboxylic acids is 2. The monoisotopic (exact) mass is 487 g/mol. The smallest absolute Gasteiger partial charge is 0.318 e. The number of hydrogen-bond donors (Lipinski definition) is 2. The number of rotatable bonds is 6. The standard InChI is InChI=1S/C23H26ClN5O3S/c1-13(20(30)26-21(25)31)33-22-28-27-19(14-6-8-15(9-7-14)23(2,3)4)29(22)16-10-11-18(32-5)17(24)12-16/h6-13H,1-5H3,(H3,25,26,30,31)/t13-/m0/s1. The van der Waals surface area contributed by atoms with Crippen molar-refractivity contribution in [1.29, 1.82) is 0 Å². The Bertz CT molecular complexity index is 1170. The van der Waals surface area contributed by atoms with E-state index in [-0.39, 0.29) is 5.41 Å². The van der Waals surface area contributed by atoms with Crippen LogP contribution in [0.2, 0.25) is 5.02 Å². The molecule has 0 unspecified atom stereocenters. The predicted molar refractivity (Wildman–Crippen MR) is 130 cm³/mol. The fraction of sp³-hybridized carbons (Fsp3) is 0.304. The molecule has 0 aliphatic carbocycles. The Balaban J connectivity index is 2.08. The molecule has 1 atom stereocenters. The molecule has 1 aromatic heterocycles. The average molecular weight is 488 g/mol. The quantitative estimate of drug-likeness (QED) is 0.492. The van der Waals surface area contributed by atoms with Crippen molar-refractivity contribution in [2.75, 3.05) is 7.11 Å². The fourth-order valence-corrected chi connectivity index (χ4v) is 4.23. The van der Waals surface area contributed by atoms with Crippen molar-refractivity contribution in [2.45, 2.75) is 43.5 Å². The van der Waals surface area contributed by atoms with E-state index in [1.807, 2.05) is 22.8 Å². The number of ether oxygens (including phenoxy) is 1. The summed E-state index contributed by atoms with van der Waals surface area (Å²) >= 11 is 7.53. The number of amides is 3. The number of methoxy groups -OCH3 is 1. The summed E-state index contributed by atoms with van der Waals surface area (Å²) in [6, 6.07) is 12.5. The zero-order chi connectivity index (χ0) is 24.3. The molecule has 0 spiro atoms. The minimum Gasteiger partial charge on any atom is -0.495 e. The summed E-state index contributed by atoms with van der Waals surface area (Å²) in [6.45, 7) is 8.10. The number of nitrogens with zero attached hydrogens (tertiary/aromatic N) is 3. The Labute approximate surface area is 201 Å². The molecular weight excluding hydrogens is 462 g/mol. The summed E-state index contributed by atoms with van der Waals surface area (Å²) < 4.78 is 7.08. The second-order valence-corrected chi connectivity index (χ2v) is 10.1. The third-order valence-corrected chi connectivity index (χ3v) is 6.27. The van der Waals surface area contributed by atoms with Crippen LogP contribution < -0.4 is 15.8 Å². The first kappa shape index (κ1) is 24.6. The van der Waals surface area contributed by atoms with Crippen molar-refractivity contribution in [3.05, 3.63) is 53.1 Å². The van der Waals surface area contributed by atoms with Crippen molar-refractivity contribution >= 4 is 35.3 Å². The lowest BCUT2D eigenvalue weighted by Gasteiger charge is -2.19. The second-order valence-electron chi connectivity index (χ2n) is 8.40. The minimum absolute atomic E-state index is 0.0138. The molecule has 3 rings (SSSR count). The normalized spacial score (nSPS) is 12.3. The highest BCUT2D eigenvalue weighted by molar-refractivity contribution is 8.00. The third-order valence-electron chi connectivity index (χ3n) is 4.93. The highest BCUT2D eigenvalue weighted by atomic mass is 35.5. The van der Waals surface area contributed by atoms with Crippen LogP contribution in [0.5, 0.6) is 5.75 Å². The lowest BCUT2D eigenvalue weighted by molar-refractivity contribution is -0.119. The lowest BCUT2D eigenvalue weighted by atomic mass is 9.87. The van der Waals surface area contributed by atoms with E-state index in [0.29, 0.717) is 27.4 Å². The zero-order valence-electron chi connectivity index (χ0n) is 19.0. The topological polar surface area (TPSA) is 112 Å². The summed E-state index contributed by atoms with van der Waals surface area (Å²) in [5.41, 5.74) is 7.83. The van der Waals surface area contributed by atoms with Crippen molar-refractivity contribution in [3.8, 4) is 22.8 Å². The van der Waals surface area contributed by atoms with Gasteiger partial charge in [-0.2, -0.15) is 0 Å². The van der Waals surface area contributed by atoms with Gasteiger partial charge in [0.1, 0.15) is 5.75 Å². The number of nitrogens with two attached hydrogens (primary N) is 1. The number of benzene rings is 2. The Morgan fingerprint density at radius 1 is 1.15 bits per heavy atom. The molecule has 0 saturated heterocycles. The van der Waals surface area contributed by atoms with Gasteiger partial charge in [-0.05, 0) is 36.1 Å². The Morgan fingerprint density at radius 3 is 2.36 bits per heavy atom. The lowest BCUT2D eigenvalue weighted by Crippen LogP contribution is -2.39. The largest absolute Gasteiger partial charge is 0.495 e. The van der Waals surface area contributed by atoms with Crippen LogP contribution in [0.3, 0.4) is 0 Å². The van der Waals surface area contributed by atoms with Crippen LogP contribution in [-0.4, -0.2) is 39.1 Å². The van der Waals surface area contributed by atoms with E-state index in [1.165, 1.54) is 5.56 Å². The summed E-state index contributed by atoms with van der Waals surface area (Å²) in [6.07, 6.45) is 0. The molecule has 3 aromatic rings. The van der Waals surface area contributed by atoms with Crippen LogP contribution in [0, 0.1) is 0 Å². The number of primary amides is 1. The van der Waals surface area contributed by atoms with Crippen molar-refractivity contribution < 1.29 is 14.3 Å². The van der Waals surface area contributed by atoms with Gasteiger partial charge in [0.15, 0.2) is 11.0 Å². The van der Waals surface area contributed by atoms with E-state index < -0.39 is 17.2 Å². The average Bonchev–Trinajstić information content (AvgIpc) is 3.16. The molecular formula is C23H26ClN5O3S. The first-order chi connectivity index (χ1) is 15.5. The number of thioether (sulfide) groups is 1. The molecule has 2 aromatic carbocycles. The van der Waals surface area contributed by atoms with Crippen molar-refractivity contribution in [1.82, 2.24) is 20.1 Å². The molecule has 0 radical (unpaired) electrons. The summed E-state index contributed by atoms with van der Waals surface area (Å²) in [4.78, 5) is 23.3. The van der Waals surface area contributed by atoms with Gasteiger partial charge < -0.3 is 10.5 Å². The zero-order valence-corrected chi connectivity index (χ0v) is 20.6. The maximum atomic E-state index is 12.2. The van der Waals surface area contributed by atoms with Gasteiger partial charge in [-0.25, -0.2) is 4.79 Å². The number of urea groups is 1. The number of hydrogen-bond acceptors (Lipinski definition) is 6. The van der Waals surface area contributed by atoms with Gasteiger partial charge in [0, 0.05) is 5.56 Å². The molecule has 10 heteroatoms. The summed E-state index contributed by atoms with van der Waals surface area (Å²) in [5, 5.41) is 11.0. The van der Waals surface area contributed by atoms with Gasteiger partial charge in [0.25, 0.3) is 0 Å². The van der Waals surface area contributed by atoms with E-state index >= 15 is 0 Å². The van der Waals surface area contributed by atoms with E-state index in [9.17, 15) is 9.59 Å². The Morgan fingerprint density at radius 2 is 1.82 bits per heavy atom. The molecule has 0 fully saturated rings. The van der Waals surface area contributed by atoms with Crippen LogP contribution in [0.25, 0.3) is 17.1 Å². The number of nitrogens with one attached hydrogen (secondary N) is 1. The van der Waals surface area contributed by atoms with Crippen molar-refractivity contribution in [2.24, 2.45) is 5.73 Å². The molecule has 0 saturated carbocycles. The molecule has 3 N–H and O–H groups in total. The maximum absolute atomic E-state index is 12.2. The molecule has 0 aliphatic rings. The number of aromatic nitrogens is 3. The Hall–Kier alpha value is -3.04. The highest BCUT2D eigenvalue weighted by Gasteiger charge is 2.23. The van der Waals surface area contributed by atoms with Crippen LogP contribution in [-0.2, 0) is 10.2 Å². The number of imide groups is 1. The predicted octanol–water partition coefficient (Wildman–Crippen LogP) is 4.57. The maximum Gasteiger partial charge on any atom is 0.318 e. The first-order valence-corrected chi connectivity index (χ1v) is 11.4. The van der Waals surface area contributed by atoms with Crippen LogP contribution in [0.15, 0.2) is 47.6 Å². The highest BCUT2D eigenvalue weighted by Crippen LogP contribution is 2.34. The number of halogens is 1. The van der Waals surface area contributed by atoms with E-state index in [4.69, 9.17) is 22.1 Å². The molecule has 0 bridgehead atoms. The first-order valence-electron chi connectivity index (χ1n) is 10.2. The summed E-state index contributed by atoms with van der Waals surface area (Å²) in [5.74, 6) is 0.598. The fourth-order valence-electron chi connectivity index (χ4n) is 3.11. The van der Waals surface area contributed by atoms with E-state index in [0.717, 1.165) is 17.3 Å². The number of carbonyl (C=O) groups is 2. The molecule has 3 amide bonds. The van der Waals surface area contributed by atoms with Crippen LogP contribution >= 0.6 is 23.4 Å². The molecule has 174 valence electrons. The van der Waals surface area contributed by atoms with Gasteiger partial charge in [-0.15, -0.1) is 10.2 Å². The van der Waals surface area contributed by atoms with Gasteiger partial charge in [-0.1, -0.05) is 68.4 Å². The molecule has 1 heterocycles. The minimum atomic E-state index is -0.907. The molecule has 33 heavy (non-hydrogen) atoms. The third kappa shape index (κ3) is 5.66. The van der Waals surface area contributed by atoms with Crippen LogP contribution in [0.4, 0.5) is 4.79 Å². The SMILES string of the molecule is COc1ccc(-n2c(S[C@@H](C)C(=O)NC(N)=O)nnc2-c2ccc(C(C)(C)C)cc2)cc1Cl. The van der Waals surface area contributed by atoms with Crippen molar-refractivity contribution in [3.63, 3.8) is 0 Å². The Kier molecular flexibility index (Phi) is 7.34.